The van der Waals surface area contributed by atoms with E-state index in [1.165, 1.54) is 11.3 Å². The van der Waals surface area contributed by atoms with Gasteiger partial charge in [0.05, 0.1) is 12.2 Å². The number of anilines is 1. The summed E-state index contributed by atoms with van der Waals surface area (Å²) >= 11 is 3.46. The second-order valence-electron chi connectivity index (χ2n) is 3.76. The number of hydrogen-bond donors (Lipinski definition) is 1. The van der Waals surface area contributed by atoms with E-state index >= 15 is 0 Å². The maximum absolute atomic E-state index is 4.13. The molecule has 1 aromatic heterocycles. The molecule has 1 N–H and O–H groups in total. The number of halogens is 1. The van der Waals surface area contributed by atoms with Crippen LogP contribution in [0.4, 0.5) is 5.69 Å². The predicted molar refractivity (Wildman–Crippen MR) is 69.4 cm³/mol. The van der Waals surface area contributed by atoms with Crippen LogP contribution >= 0.6 is 15.9 Å². The van der Waals surface area contributed by atoms with Crippen molar-refractivity contribution in [1.82, 2.24) is 9.78 Å². The standard InChI is InChI=1S/C12H14BrN3/c1-9-7-10(13)3-4-12(9)14-8-11-5-6-15-16(11)2/h3-7,14H,8H2,1-2H3. The number of nitrogens with one attached hydrogen (secondary N) is 1. The summed E-state index contributed by atoms with van der Waals surface area (Å²) < 4.78 is 2.98. The fraction of sp³-hybridized carbons (Fsp3) is 0.250. The monoisotopic (exact) mass is 279 g/mol. The topological polar surface area (TPSA) is 29.9 Å². The van der Waals surface area contributed by atoms with Crippen molar-refractivity contribution >= 4 is 21.6 Å². The summed E-state index contributed by atoms with van der Waals surface area (Å²) in [6, 6.07) is 8.24. The second-order valence-corrected chi connectivity index (χ2v) is 4.67. The predicted octanol–water partition coefficient (Wildman–Crippen LogP) is 3.10. The Morgan fingerprint density at radius 1 is 1.38 bits per heavy atom. The van der Waals surface area contributed by atoms with Gasteiger partial charge >= 0.3 is 0 Å². The van der Waals surface area contributed by atoms with Gasteiger partial charge in [0, 0.05) is 23.4 Å². The van der Waals surface area contributed by atoms with Gasteiger partial charge in [-0.05, 0) is 36.8 Å². The molecule has 0 aliphatic heterocycles. The second kappa shape index (κ2) is 4.70. The highest BCUT2D eigenvalue weighted by Crippen LogP contribution is 2.20. The minimum atomic E-state index is 0.791. The van der Waals surface area contributed by atoms with Crippen molar-refractivity contribution in [1.29, 1.82) is 0 Å². The molecule has 16 heavy (non-hydrogen) atoms. The van der Waals surface area contributed by atoms with Gasteiger partial charge in [-0.15, -0.1) is 0 Å². The molecule has 3 nitrogen and oxygen atoms in total. The molecule has 1 heterocycles. The average Bonchev–Trinajstić information content (AvgIpc) is 2.63. The SMILES string of the molecule is Cc1cc(Br)ccc1NCc1ccnn1C. The summed E-state index contributed by atoms with van der Waals surface area (Å²) in [6.45, 7) is 2.88. The Labute approximate surface area is 104 Å². The number of aryl methyl sites for hydroxylation is 2. The first kappa shape index (κ1) is 11.2. The molecule has 0 spiro atoms. The molecule has 0 aliphatic rings. The highest BCUT2D eigenvalue weighted by Gasteiger charge is 2.01. The summed E-state index contributed by atoms with van der Waals surface area (Å²) in [6.07, 6.45) is 1.81. The third-order valence-corrected chi connectivity index (χ3v) is 3.06. The van der Waals surface area contributed by atoms with Gasteiger partial charge in [-0.25, -0.2) is 0 Å². The number of hydrogen-bond acceptors (Lipinski definition) is 2. The van der Waals surface area contributed by atoms with Gasteiger partial charge in [-0.3, -0.25) is 4.68 Å². The summed E-state index contributed by atoms with van der Waals surface area (Å²) in [4.78, 5) is 0. The quantitative estimate of drug-likeness (QED) is 0.936. The van der Waals surface area contributed by atoms with Crippen molar-refractivity contribution in [3.8, 4) is 0 Å². The van der Waals surface area contributed by atoms with Gasteiger partial charge < -0.3 is 5.32 Å². The van der Waals surface area contributed by atoms with E-state index in [1.807, 2.05) is 30.1 Å². The molecule has 84 valence electrons. The van der Waals surface area contributed by atoms with E-state index in [-0.39, 0.29) is 0 Å². The first-order valence-electron chi connectivity index (χ1n) is 5.14. The van der Waals surface area contributed by atoms with Gasteiger partial charge in [0.1, 0.15) is 0 Å². The molecule has 2 rings (SSSR count). The van der Waals surface area contributed by atoms with Gasteiger partial charge in [0.2, 0.25) is 0 Å². The molecule has 0 radical (unpaired) electrons. The lowest BCUT2D eigenvalue weighted by molar-refractivity contribution is 0.720. The van der Waals surface area contributed by atoms with Gasteiger partial charge in [-0.1, -0.05) is 15.9 Å². The van der Waals surface area contributed by atoms with Crippen LogP contribution in [0.15, 0.2) is 34.9 Å². The number of rotatable bonds is 3. The molecule has 0 fully saturated rings. The fourth-order valence-electron chi connectivity index (χ4n) is 1.59. The van der Waals surface area contributed by atoms with E-state index < -0.39 is 0 Å². The van der Waals surface area contributed by atoms with Crippen LogP contribution in [0.2, 0.25) is 0 Å². The molecular weight excluding hydrogens is 266 g/mol. The number of aromatic nitrogens is 2. The molecule has 4 heteroatoms. The van der Waals surface area contributed by atoms with E-state index in [2.05, 4.69) is 45.4 Å². The number of benzene rings is 1. The van der Waals surface area contributed by atoms with E-state index in [1.54, 1.807) is 0 Å². The van der Waals surface area contributed by atoms with Gasteiger partial charge in [0.25, 0.3) is 0 Å². The van der Waals surface area contributed by atoms with Crippen molar-refractivity contribution in [3.63, 3.8) is 0 Å². The molecule has 0 aliphatic carbocycles. The molecule has 0 amide bonds. The van der Waals surface area contributed by atoms with Crippen molar-refractivity contribution in [2.75, 3.05) is 5.32 Å². The Morgan fingerprint density at radius 2 is 2.19 bits per heavy atom. The third-order valence-electron chi connectivity index (χ3n) is 2.57. The minimum absolute atomic E-state index is 0.791. The van der Waals surface area contributed by atoms with Crippen LogP contribution in [0.25, 0.3) is 0 Å². The zero-order chi connectivity index (χ0) is 11.5. The molecular formula is C12H14BrN3. The van der Waals surface area contributed by atoms with Crippen molar-refractivity contribution in [3.05, 3.63) is 46.2 Å². The fourth-order valence-corrected chi connectivity index (χ4v) is 2.06. The van der Waals surface area contributed by atoms with Crippen LogP contribution in [0, 0.1) is 6.92 Å². The average molecular weight is 280 g/mol. The largest absolute Gasteiger partial charge is 0.379 e. The van der Waals surface area contributed by atoms with Crippen LogP contribution in [-0.4, -0.2) is 9.78 Å². The lowest BCUT2D eigenvalue weighted by atomic mass is 10.2. The maximum atomic E-state index is 4.13. The number of nitrogens with zero attached hydrogens (tertiary/aromatic N) is 2. The molecule has 2 aromatic rings. The molecule has 0 saturated heterocycles. The summed E-state index contributed by atoms with van der Waals surface area (Å²) in [5.74, 6) is 0. The molecule has 0 unspecified atom stereocenters. The van der Waals surface area contributed by atoms with Crippen LogP contribution in [0.5, 0.6) is 0 Å². The maximum Gasteiger partial charge on any atom is 0.0571 e. The van der Waals surface area contributed by atoms with E-state index in [0.717, 1.165) is 16.7 Å². The van der Waals surface area contributed by atoms with Crippen LogP contribution in [0.1, 0.15) is 11.3 Å². The summed E-state index contributed by atoms with van der Waals surface area (Å²) in [7, 11) is 1.95. The Balaban J connectivity index is 2.08. The summed E-state index contributed by atoms with van der Waals surface area (Å²) in [5, 5.41) is 7.54. The third kappa shape index (κ3) is 2.44. The van der Waals surface area contributed by atoms with Crippen molar-refractivity contribution < 1.29 is 0 Å². The summed E-state index contributed by atoms with van der Waals surface area (Å²) in [5.41, 5.74) is 3.56. The van der Waals surface area contributed by atoms with E-state index in [4.69, 9.17) is 0 Å². The Morgan fingerprint density at radius 3 is 2.81 bits per heavy atom. The zero-order valence-corrected chi connectivity index (χ0v) is 11.0. The highest BCUT2D eigenvalue weighted by molar-refractivity contribution is 9.10. The first-order valence-corrected chi connectivity index (χ1v) is 5.93. The van der Waals surface area contributed by atoms with Crippen LogP contribution in [-0.2, 0) is 13.6 Å². The zero-order valence-electron chi connectivity index (χ0n) is 9.37. The van der Waals surface area contributed by atoms with Crippen molar-refractivity contribution in [2.24, 2.45) is 7.05 Å². The van der Waals surface area contributed by atoms with Crippen LogP contribution < -0.4 is 5.32 Å². The van der Waals surface area contributed by atoms with Crippen LogP contribution in [0.3, 0.4) is 0 Å². The molecule has 0 atom stereocenters. The molecule has 1 aromatic carbocycles. The van der Waals surface area contributed by atoms with Gasteiger partial charge in [-0.2, -0.15) is 5.10 Å². The smallest absolute Gasteiger partial charge is 0.0571 e. The molecule has 0 bridgehead atoms. The normalized spacial score (nSPS) is 10.4. The Kier molecular flexibility index (Phi) is 3.29. The van der Waals surface area contributed by atoms with E-state index in [9.17, 15) is 0 Å². The van der Waals surface area contributed by atoms with E-state index in [0.29, 0.717) is 0 Å². The minimum Gasteiger partial charge on any atom is -0.379 e. The lowest BCUT2D eigenvalue weighted by Crippen LogP contribution is -2.06. The first-order chi connectivity index (χ1) is 7.66. The lowest BCUT2D eigenvalue weighted by Gasteiger charge is -2.09. The Bertz CT molecular complexity index is 491. The van der Waals surface area contributed by atoms with Crippen molar-refractivity contribution in [2.45, 2.75) is 13.5 Å². The van der Waals surface area contributed by atoms with Gasteiger partial charge in [0.15, 0.2) is 0 Å². The Hall–Kier alpha value is -1.29. The molecule has 0 saturated carbocycles. The highest BCUT2D eigenvalue weighted by atomic mass is 79.9.